The van der Waals surface area contributed by atoms with Crippen LogP contribution in [0.3, 0.4) is 0 Å². The highest BCUT2D eigenvalue weighted by Crippen LogP contribution is 2.24. The Kier molecular flexibility index (Phi) is 31.9. The largest absolute Gasteiger partial charge is 0.395 e. The van der Waals surface area contributed by atoms with E-state index in [2.05, 4.69) is 49.5 Å². The van der Waals surface area contributed by atoms with Crippen molar-refractivity contribution in [3.05, 3.63) is 0 Å². The molecule has 0 aromatic rings. The van der Waals surface area contributed by atoms with Gasteiger partial charge in [0.2, 0.25) is 53.2 Å². The number of nitrogens with one attached hydrogen (secondary N) is 8. The molecule has 0 aromatic heterocycles. The third-order valence-corrected chi connectivity index (χ3v) is 15.3. The summed E-state index contributed by atoms with van der Waals surface area (Å²) in [5.74, 6) is -7.18. The number of likely N-dealkylation sites (tertiary alicyclic amines) is 1. The minimum Gasteiger partial charge on any atom is -0.395 e. The molecule has 1 heterocycles. The molecule has 1 fully saturated rings. The lowest BCUT2D eigenvalue weighted by Crippen LogP contribution is -2.66. The summed E-state index contributed by atoms with van der Waals surface area (Å²) in [6.07, 6.45) is 8.08. The van der Waals surface area contributed by atoms with Gasteiger partial charge < -0.3 is 62.5 Å². The fourth-order valence-electron chi connectivity index (χ4n) is 9.67. The van der Waals surface area contributed by atoms with Crippen molar-refractivity contribution in [2.75, 3.05) is 33.3 Å². The van der Waals surface area contributed by atoms with Crippen LogP contribution in [0.5, 0.6) is 0 Å². The van der Waals surface area contributed by atoms with E-state index in [0.29, 0.717) is 45.3 Å². The second kappa shape index (κ2) is 35.0. The maximum absolute atomic E-state index is 14.2. The molecule has 1 aliphatic heterocycles. The topological polar surface area (TPSA) is 314 Å². The summed E-state index contributed by atoms with van der Waals surface area (Å²) >= 11 is 0. The predicted octanol–water partition coefficient (Wildman–Crippen LogP) is 3.28. The minimum atomic E-state index is -1.67. The standard InChI is InChI=1S/C59H108N10O12/c1-18-21-22-23-24-25-27-39(8)53(78)69-29-26-28-45(69)50(75)62-44(33-37(6)32-43(72)34-42(71)20-3)49(74)61-41(10)48(73)65-57(11,12)55(80)64-46(36(4)5)51(76)63-47(38(7)19-2)52(77)66-59(15,16)56(81)67-58(13,14)54(79)60-40(9)35-68(17)30-31-70/h36-41,43-47,70,72H,18-35H2,1-17H3,(H,60,79)(H,61,74)(H,62,75)(H,63,76)(H,64,80)(H,65,73)(H,66,77)(H,67,81)/t37?,38-,39?,40?,41-,43?,44?,45-,46-,47-/m0/s1. The molecule has 81 heavy (non-hydrogen) atoms. The number of aliphatic hydroxyl groups is 2. The summed E-state index contributed by atoms with van der Waals surface area (Å²) in [4.78, 5) is 140. The van der Waals surface area contributed by atoms with E-state index < -0.39 is 112 Å². The van der Waals surface area contributed by atoms with Gasteiger partial charge in [-0.1, -0.05) is 100 Å². The maximum Gasteiger partial charge on any atom is 0.246 e. The number of likely N-dealkylation sites (N-methyl/N-ethyl adjacent to an activating group) is 1. The molecular formula is C59H108N10O12. The number of hydrogen-bond donors (Lipinski definition) is 10. The van der Waals surface area contributed by atoms with Crippen LogP contribution in [-0.4, -0.2) is 171 Å². The van der Waals surface area contributed by atoms with E-state index in [9.17, 15) is 58.2 Å². The molecule has 0 radical (unpaired) electrons. The highest BCUT2D eigenvalue weighted by molar-refractivity contribution is 6.00. The first kappa shape index (κ1) is 73.8. The molecule has 1 rings (SSSR count). The van der Waals surface area contributed by atoms with Crippen LogP contribution in [0.25, 0.3) is 0 Å². The third-order valence-electron chi connectivity index (χ3n) is 15.3. The number of Topliss-reactive ketones (excluding diaryl/α,β-unsaturated/α-hetero) is 1. The van der Waals surface area contributed by atoms with Crippen LogP contribution in [0.1, 0.15) is 201 Å². The quantitative estimate of drug-likeness (QED) is 0.0398. The fraction of sp³-hybridized carbons (Fsp3) is 0.831. The van der Waals surface area contributed by atoms with Crippen molar-refractivity contribution in [3.63, 3.8) is 0 Å². The Morgan fingerprint density at radius 3 is 1.79 bits per heavy atom. The summed E-state index contributed by atoms with van der Waals surface area (Å²) in [5.41, 5.74) is -4.64. The van der Waals surface area contributed by atoms with Gasteiger partial charge in [0.15, 0.2) is 0 Å². The molecule has 22 heteroatoms. The van der Waals surface area contributed by atoms with Crippen LogP contribution in [-0.2, 0) is 47.9 Å². The first-order valence-corrected chi connectivity index (χ1v) is 29.9. The van der Waals surface area contributed by atoms with Gasteiger partial charge in [0.25, 0.3) is 0 Å². The summed E-state index contributed by atoms with van der Waals surface area (Å²) in [7, 11) is 1.80. The number of carbonyl (C=O) groups is 10. The molecule has 0 aromatic carbocycles. The summed E-state index contributed by atoms with van der Waals surface area (Å²) in [6.45, 7) is 27.7. The molecule has 0 bridgehead atoms. The van der Waals surface area contributed by atoms with Gasteiger partial charge in [0, 0.05) is 44.4 Å². The molecule has 0 saturated carbocycles. The SMILES string of the molecule is CCCCCCCCC(C)C(=O)N1CCC[C@H]1C(=O)NC(CC(C)CC(O)CC(=O)CC)C(=O)N[C@@H](C)C(=O)NC(C)(C)C(=O)N[C@H](C(=O)N[C@H](C(=O)NC(C)(C)C(=O)NC(C)(C)C(=O)NC(C)CN(C)CCO)[C@@H](C)CC)C(C)C. The van der Waals surface area contributed by atoms with Gasteiger partial charge in [-0.05, 0) is 112 Å². The number of rotatable bonds is 38. The maximum atomic E-state index is 14.2. The number of unbranched alkanes of at least 4 members (excludes halogenated alkanes) is 5. The van der Waals surface area contributed by atoms with E-state index >= 15 is 0 Å². The average Bonchev–Trinajstić information content (AvgIpc) is 3.87. The van der Waals surface area contributed by atoms with Gasteiger partial charge in [0.05, 0.1) is 12.7 Å². The van der Waals surface area contributed by atoms with Gasteiger partial charge in [-0.25, -0.2) is 0 Å². The van der Waals surface area contributed by atoms with Crippen LogP contribution < -0.4 is 42.5 Å². The first-order valence-electron chi connectivity index (χ1n) is 29.9. The Morgan fingerprint density at radius 2 is 1.21 bits per heavy atom. The van der Waals surface area contributed by atoms with E-state index in [4.69, 9.17) is 0 Å². The van der Waals surface area contributed by atoms with Crippen molar-refractivity contribution in [1.29, 1.82) is 0 Å². The number of aliphatic hydroxyl groups excluding tert-OH is 2. The molecule has 10 N–H and O–H groups in total. The van der Waals surface area contributed by atoms with E-state index in [1.54, 1.807) is 53.5 Å². The lowest BCUT2D eigenvalue weighted by atomic mass is 9.92. The monoisotopic (exact) mass is 1150 g/mol. The molecule has 1 saturated heterocycles. The molecule has 9 amide bonds. The zero-order chi connectivity index (χ0) is 62.2. The van der Waals surface area contributed by atoms with Crippen LogP contribution >= 0.6 is 0 Å². The van der Waals surface area contributed by atoms with Crippen molar-refractivity contribution in [2.45, 2.75) is 260 Å². The van der Waals surface area contributed by atoms with Crippen molar-refractivity contribution < 1.29 is 58.2 Å². The molecule has 22 nitrogen and oxygen atoms in total. The smallest absolute Gasteiger partial charge is 0.246 e. The van der Waals surface area contributed by atoms with Gasteiger partial charge in [0.1, 0.15) is 52.6 Å². The third kappa shape index (κ3) is 25.4. The lowest BCUT2D eigenvalue weighted by molar-refractivity contribution is -0.142. The second-order valence-electron chi connectivity index (χ2n) is 25.0. The summed E-state index contributed by atoms with van der Waals surface area (Å²) < 4.78 is 0. The Morgan fingerprint density at radius 1 is 0.642 bits per heavy atom. The van der Waals surface area contributed by atoms with E-state index in [1.807, 2.05) is 18.7 Å². The van der Waals surface area contributed by atoms with Gasteiger partial charge in [-0.3, -0.25) is 47.9 Å². The normalized spacial score (nSPS) is 17.3. The molecule has 1 aliphatic rings. The molecule has 0 spiro atoms. The van der Waals surface area contributed by atoms with Crippen molar-refractivity contribution in [1.82, 2.24) is 52.3 Å². The molecule has 5 unspecified atom stereocenters. The van der Waals surface area contributed by atoms with Crippen LogP contribution in [0.2, 0.25) is 0 Å². The fourth-order valence-corrected chi connectivity index (χ4v) is 9.67. The Labute approximate surface area is 484 Å². The summed E-state index contributed by atoms with van der Waals surface area (Å²) in [5, 5.41) is 41.9. The van der Waals surface area contributed by atoms with Crippen molar-refractivity contribution >= 4 is 58.9 Å². The minimum absolute atomic E-state index is 0.0299. The van der Waals surface area contributed by atoms with Gasteiger partial charge >= 0.3 is 0 Å². The van der Waals surface area contributed by atoms with E-state index in [0.717, 1.165) is 32.1 Å². The molecule has 466 valence electrons. The zero-order valence-electron chi connectivity index (χ0n) is 52.5. The second-order valence-corrected chi connectivity index (χ2v) is 25.0. The predicted molar refractivity (Wildman–Crippen MR) is 313 cm³/mol. The van der Waals surface area contributed by atoms with Crippen LogP contribution in [0, 0.1) is 23.7 Å². The number of ketones is 1. The Hall–Kier alpha value is -5.22. The number of hydrogen-bond acceptors (Lipinski definition) is 13. The number of nitrogens with zero attached hydrogens (tertiary/aromatic N) is 2. The van der Waals surface area contributed by atoms with Crippen LogP contribution in [0.4, 0.5) is 0 Å². The van der Waals surface area contributed by atoms with Crippen LogP contribution in [0.15, 0.2) is 0 Å². The average molecular weight is 1150 g/mol. The van der Waals surface area contributed by atoms with E-state index in [-0.39, 0.29) is 61.9 Å². The summed E-state index contributed by atoms with van der Waals surface area (Å²) in [6, 6.07) is -5.98. The highest BCUT2D eigenvalue weighted by Gasteiger charge is 2.42. The lowest BCUT2D eigenvalue weighted by Gasteiger charge is -2.35. The van der Waals surface area contributed by atoms with E-state index in [1.165, 1.54) is 54.9 Å². The molecule has 10 atom stereocenters. The Bertz CT molecular complexity index is 2080. The molecular weight excluding hydrogens is 1040 g/mol. The first-order chi connectivity index (χ1) is 37.6. The van der Waals surface area contributed by atoms with Crippen molar-refractivity contribution in [2.24, 2.45) is 23.7 Å². The van der Waals surface area contributed by atoms with Gasteiger partial charge in [-0.2, -0.15) is 0 Å². The van der Waals surface area contributed by atoms with Crippen molar-refractivity contribution in [3.8, 4) is 0 Å². The Balaban J connectivity index is 3.22. The number of carbonyl (C=O) groups excluding carboxylic acids is 10. The number of amides is 9. The zero-order valence-corrected chi connectivity index (χ0v) is 52.5. The van der Waals surface area contributed by atoms with Gasteiger partial charge in [-0.15, -0.1) is 0 Å². The highest BCUT2D eigenvalue weighted by atomic mass is 16.3. The molecule has 0 aliphatic carbocycles.